The standard InChI is InChI=1S/C7H13Cl2N5/c1-13(2)3-4-5(8)12-7(10)14(11)6(4)9/h3,5-6H,11H2,1-2H3,(H2,10,12). The zero-order valence-electron chi connectivity index (χ0n) is 7.98. The van der Waals surface area contributed by atoms with Crippen molar-refractivity contribution in [3.8, 4) is 0 Å². The Hall–Kier alpha value is -0.650. The molecule has 1 aliphatic heterocycles. The summed E-state index contributed by atoms with van der Waals surface area (Å²) < 4.78 is 0. The highest BCUT2D eigenvalue weighted by Crippen LogP contribution is 2.25. The van der Waals surface area contributed by atoms with Crippen LogP contribution in [0.1, 0.15) is 0 Å². The summed E-state index contributed by atoms with van der Waals surface area (Å²) in [5.41, 5.74) is 5.08. The van der Waals surface area contributed by atoms with Gasteiger partial charge in [0.1, 0.15) is 5.50 Å². The van der Waals surface area contributed by atoms with Crippen LogP contribution >= 0.6 is 23.2 Å². The Labute approximate surface area is 92.9 Å². The van der Waals surface area contributed by atoms with Crippen LogP contribution in [-0.2, 0) is 0 Å². The Morgan fingerprint density at radius 2 is 2.07 bits per heavy atom. The molecule has 0 radical (unpaired) electrons. The summed E-state index contributed by atoms with van der Waals surface area (Å²) >= 11 is 12.0. The van der Waals surface area contributed by atoms with E-state index >= 15 is 0 Å². The molecule has 0 aromatic rings. The number of nitrogens with zero attached hydrogens (tertiary/aromatic N) is 3. The molecule has 0 aromatic carbocycles. The Kier molecular flexibility index (Phi) is 3.47. The zero-order valence-corrected chi connectivity index (χ0v) is 9.50. The molecule has 0 saturated heterocycles. The number of nitrogens with two attached hydrogens (primary N) is 2. The number of hydrazine groups is 1. The van der Waals surface area contributed by atoms with Crippen molar-refractivity contribution in [3.05, 3.63) is 11.8 Å². The topological polar surface area (TPSA) is 70.9 Å². The lowest BCUT2D eigenvalue weighted by Gasteiger charge is -2.31. The Balaban J connectivity index is 2.99. The van der Waals surface area contributed by atoms with E-state index in [0.717, 1.165) is 0 Å². The van der Waals surface area contributed by atoms with E-state index in [1.165, 1.54) is 5.01 Å². The van der Waals surface area contributed by atoms with Crippen LogP contribution in [0.25, 0.3) is 0 Å². The second-order valence-electron chi connectivity index (χ2n) is 3.16. The minimum Gasteiger partial charge on any atom is -0.383 e. The van der Waals surface area contributed by atoms with Gasteiger partial charge in [0.25, 0.3) is 0 Å². The fourth-order valence-electron chi connectivity index (χ4n) is 1.07. The van der Waals surface area contributed by atoms with Crippen LogP contribution in [0.15, 0.2) is 16.8 Å². The quantitative estimate of drug-likeness (QED) is 0.385. The molecule has 0 amide bonds. The lowest BCUT2D eigenvalue weighted by atomic mass is 10.2. The van der Waals surface area contributed by atoms with E-state index in [9.17, 15) is 0 Å². The molecule has 2 atom stereocenters. The Morgan fingerprint density at radius 3 is 2.57 bits per heavy atom. The molecule has 2 unspecified atom stereocenters. The predicted molar refractivity (Wildman–Crippen MR) is 58.7 cm³/mol. The van der Waals surface area contributed by atoms with Gasteiger partial charge < -0.3 is 10.6 Å². The highest BCUT2D eigenvalue weighted by Gasteiger charge is 2.30. The first-order chi connectivity index (χ1) is 6.43. The monoisotopic (exact) mass is 237 g/mol. The lowest BCUT2D eigenvalue weighted by Crippen LogP contribution is -2.52. The van der Waals surface area contributed by atoms with Crippen molar-refractivity contribution in [3.63, 3.8) is 0 Å². The molecule has 0 spiro atoms. The minimum absolute atomic E-state index is 0.140. The van der Waals surface area contributed by atoms with Gasteiger partial charge in [0.2, 0.25) is 5.96 Å². The second-order valence-corrected chi connectivity index (χ2v) is 3.99. The Bertz CT molecular complexity index is 275. The minimum atomic E-state index is -0.558. The van der Waals surface area contributed by atoms with Crippen LogP contribution in [0.4, 0.5) is 0 Å². The molecule has 14 heavy (non-hydrogen) atoms. The first-order valence-electron chi connectivity index (χ1n) is 3.97. The predicted octanol–water partition coefficient (Wildman–Crippen LogP) is 0.0657. The third-order valence-electron chi connectivity index (χ3n) is 1.71. The van der Waals surface area contributed by atoms with Crippen LogP contribution in [0.2, 0.25) is 0 Å². The summed E-state index contributed by atoms with van der Waals surface area (Å²) in [6.07, 6.45) is 1.78. The average molecular weight is 238 g/mol. The van der Waals surface area contributed by atoms with Crippen LogP contribution < -0.4 is 11.6 Å². The van der Waals surface area contributed by atoms with Gasteiger partial charge in [-0.2, -0.15) is 0 Å². The van der Waals surface area contributed by atoms with E-state index in [1.54, 1.807) is 6.20 Å². The maximum Gasteiger partial charge on any atom is 0.209 e. The molecule has 7 heteroatoms. The summed E-state index contributed by atoms with van der Waals surface area (Å²) in [6.45, 7) is 0. The number of hydrogen-bond acceptors (Lipinski definition) is 5. The molecule has 5 nitrogen and oxygen atoms in total. The number of aliphatic imine (C=N–C) groups is 1. The van der Waals surface area contributed by atoms with Gasteiger partial charge in [-0.25, -0.2) is 10.8 Å². The van der Waals surface area contributed by atoms with Crippen molar-refractivity contribution < 1.29 is 0 Å². The zero-order chi connectivity index (χ0) is 10.9. The molecule has 4 N–H and O–H groups in total. The largest absolute Gasteiger partial charge is 0.383 e. The summed E-state index contributed by atoms with van der Waals surface area (Å²) in [5.74, 6) is 5.72. The van der Waals surface area contributed by atoms with Crippen LogP contribution in [0, 0.1) is 0 Å². The van der Waals surface area contributed by atoms with Gasteiger partial charge in [0.15, 0.2) is 5.50 Å². The van der Waals surface area contributed by atoms with Gasteiger partial charge in [0, 0.05) is 25.9 Å². The molecule has 80 valence electrons. The van der Waals surface area contributed by atoms with Gasteiger partial charge in [-0.1, -0.05) is 23.2 Å². The van der Waals surface area contributed by atoms with E-state index in [2.05, 4.69) is 4.99 Å². The van der Waals surface area contributed by atoms with Crippen molar-refractivity contribution in [1.29, 1.82) is 0 Å². The molecule has 1 rings (SSSR count). The fraction of sp³-hybridized carbons (Fsp3) is 0.571. The summed E-state index contributed by atoms with van der Waals surface area (Å²) in [7, 11) is 3.73. The SMILES string of the molecule is CN(C)C=C1C(Cl)N=C(N)N(N)C1Cl. The van der Waals surface area contributed by atoms with Crippen molar-refractivity contribution in [2.45, 2.75) is 11.0 Å². The van der Waals surface area contributed by atoms with Gasteiger partial charge in [-0.3, -0.25) is 5.01 Å². The van der Waals surface area contributed by atoms with E-state index < -0.39 is 11.0 Å². The first-order valence-corrected chi connectivity index (χ1v) is 4.84. The van der Waals surface area contributed by atoms with E-state index in [-0.39, 0.29) is 5.96 Å². The summed E-state index contributed by atoms with van der Waals surface area (Å²) in [6, 6.07) is 0. The van der Waals surface area contributed by atoms with Gasteiger partial charge >= 0.3 is 0 Å². The van der Waals surface area contributed by atoms with Crippen molar-refractivity contribution >= 4 is 29.2 Å². The Morgan fingerprint density at radius 1 is 1.50 bits per heavy atom. The van der Waals surface area contributed by atoms with E-state index in [1.807, 2.05) is 19.0 Å². The molecule has 1 aliphatic rings. The highest BCUT2D eigenvalue weighted by atomic mass is 35.5. The molecule has 0 bridgehead atoms. The summed E-state index contributed by atoms with van der Waals surface area (Å²) in [4.78, 5) is 5.75. The highest BCUT2D eigenvalue weighted by molar-refractivity contribution is 6.28. The number of guanidine groups is 1. The molecule has 0 saturated carbocycles. The molecular weight excluding hydrogens is 225 g/mol. The molecular formula is C7H13Cl2N5. The van der Waals surface area contributed by atoms with E-state index in [0.29, 0.717) is 5.57 Å². The summed E-state index contributed by atoms with van der Waals surface area (Å²) in [5, 5.41) is 1.18. The number of alkyl halides is 2. The smallest absolute Gasteiger partial charge is 0.209 e. The van der Waals surface area contributed by atoms with Gasteiger partial charge in [-0.05, 0) is 0 Å². The molecule has 0 fully saturated rings. The average Bonchev–Trinajstić information content (AvgIpc) is 2.09. The van der Waals surface area contributed by atoms with Crippen LogP contribution in [0.3, 0.4) is 0 Å². The number of hydrogen-bond donors (Lipinski definition) is 2. The maximum absolute atomic E-state index is 6.03. The normalized spacial score (nSPS) is 30.5. The third-order valence-corrected chi connectivity index (χ3v) is 2.52. The lowest BCUT2D eigenvalue weighted by molar-refractivity contribution is 0.404. The van der Waals surface area contributed by atoms with Gasteiger partial charge in [0.05, 0.1) is 0 Å². The van der Waals surface area contributed by atoms with Crippen LogP contribution in [-0.4, -0.2) is 41.0 Å². The van der Waals surface area contributed by atoms with Crippen LogP contribution in [0.5, 0.6) is 0 Å². The number of rotatable bonds is 1. The molecule has 0 aromatic heterocycles. The van der Waals surface area contributed by atoms with Gasteiger partial charge in [-0.15, -0.1) is 0 Å². The first kappa shape index (κ1) is 11.4. The maximum atomic E-state index is 6.03. The van der Waals surface area contributed by atoms with Crippen molar-refractivity contribution in [2.24, 2.45) is 16.6 Å². The number of halogens is 2. The second kappa shape index (κ2) is 4.25. The molecule has 0 aliphatic carbocycles. The van der Waals surface area contributed by atoms with Crippen molar-refractivity contribution in [2.75, 3.05) is 14.1 Å². The third kappa shape index (κ3) is 2.23. The van der Waals surface area contributed by atoms with E-state index in [4.69, 9.17) is 34.8 Å². The van der Waals surface area contributed by atoms with Crippen molar-refractivity contribution in [1.82, 2.24) is 9.91 Å². The molecule has 1 heterocycles. The fourth-order valence-corrected chi connectivity index (χ4v) is 1.68.